The van der Waals surface area contributed by atoms with Crippen LogP contribution in [0.15, 0.2) is 54.2 Å². The molecule has 0 aliphatic carbocycles. The van der Waals surface area contributed by atoms with Gasteiger partial charge in [0.25, 0.3) is 0 Å². The molecule has 7 heteroatoms. The molecule has 148 valence electrons. The van der Waals surface area contributed by atoms with E-state index in [1.54, 1.807) is 28.2 Å². The van der Waals surface area contributed by atoms with Crippen LogP contribution in [0.4, 0.5) is 4.39 Å². The molecule has 0 radical (unpaired) electrons. The Kier molecular flexibility index (Phi) is 6.17. The molecular weight excluding hydrogens is 375 g/mol. The molecule has 0 amide bonds. The van der Waals surface area contributed by atoms with E-state index in [0.717, 1.165) is 44.7 Å². The highest BCUT2D eigenvalue weighted by atomic mass is 32.1. The Morgan fingerprint density at radius 3 is 2.82 bits per heavy atom. The number of aliphatic hydroxyl groups is 1. The number of hydrogen-bond acceptors (Lipinski definition) is 5. The van der Waals surface area contributed by atoms with Crippen molar-refractivity contribution >= 4 is 11.3 Å². The van der Waals surface area contributed by atoms with E-state index in [1.165, 1.54) is 10.9 Å². The van der Waals surface area contributed by atoms with Crippen LogP contribution in [0.1, 0.15) is 16.9 Å². The summed E-state index contributed by atoms with van der Waals surface area (Å²) in [4.78, 5) is 6.23. The van der Waals surface area contributed by atoms with Gasteiger partial charge in [0.05, 0.1) is 6.20 Å². The van der Waals surface area contributed by atoms with Crippen LogP contribution in [0.5, 0.6) is 0 Å². The highest BCUT2D eigenvalue weighted by Gasteiger charge is 2.27. The zero-order chi connectivity index (χ0) is 19.3. The lowest BCUT2D eigenvalue weighted by atomic mass is 10.1. The van der Waals surface area contributed by atoms with E-state index in [4.69, 9.17) is 0 Å². The van der Waals surface area contributed by atoms with Gasteiger partial charge in [-0.25, -0.2) is 9.07 Å². The van der Waals surface area contributed by atoms with Crippen LogP contribution in [0.2, 0.25) is 0 Å². The molecule has 3 heterocycles. The fourth-order valence-corrected chi connectivity index (χ4v) is 4.53. The Balaban J connectivity index is 1.40. The molecule has 1 fully saturated rings. The molecule has 4 rings (SSSR count). The van der Waals surface area contributed by atoms with Crippen LogP contribution < -0.4 is 0 Å². The Bertz CT molecular complexity index is 882. The molecule has 0 bridgehead atoms. The molecule has 0 saturated carbocycles. The fourth-order valence-electron chi connectivity index (χ4n) is 3.80. The number of benzene rings is 1. The van der Waals surface area contributed by atoms with Crippen molar-refractivity contribution in [3.63, 3.8) is 0 Å². The van der Waals surface area contributed by atoms with E-state index in [1.807, 2.05) is 18.5 Å². The molecule has 1 aromatic carbocycles. The zero-order valence-corrected chi connectivity index (χ0v) is 16.6. The van der Waals surface area contributed by atoms with Crippen LogP contribution >= 0.6 is 11.3 Å². The van der Waals surface area contributed by atoms with Crippen LogP contribution in [-0.2, 0) is 13.1 Å². The molecule has 1 N–H and O–H groups in total. The molecule has 2 aromatic heterocycles. The molecule has 1 saturated heterocycles. The molecule has 1 aliphatic rings. The van der Waals surface area contributed by atoms with Gasteiger partial charge < -0.3 is 5.11 Å². The van der Waals surface area contributed by atoms with Crippen molar-refractivity contribution in [2.75, 3.05) is 26.2 Å². The number of piperazine rings is 1. The average molecular weight is 401 g/mol. The summed E-state index contributed by atoms with van der Waals surface area (Å²) in [5.41, 5.74) is 1.53. The molecule has 1 atom stereocenters. The summed E-state index contributed by atoms with van der Waals surface area (Å²) < 4.78 is 15.6. The van der Waals surface area contributed by atoms with Gasteiger partial charge in [-0.05, 0) is 30.0 Å². The maximum Gasteiger partial charge on any atom is 0.148 e. The smallest absolute Gasteiger partial charge is 0.148 e. The normalized spacial score (nSPS) is 18.6. The van der Waals surface area contributed by atoms with Gasteiger partial charge in [-0.2, -0.15) is 5.10 Å². The number of hydrogen-bond donors (Lipinski definition) is 1. The Labute approximate surface area is 168 Å². The van der Waals surface area contributed by atoms with Gasteiger partial charge in [-0.1, -0.05) is 18.2 Å². The first-order valence-corrected chi connectivity index (χ1v) is 10.5. The number of thiophene rings is 1. The van der Waals surface area contributed by atoms with E-state index < -0.39 is 0 Å². The van der Waals surface area contributed by atoms with E-state index in [-0.39, 0.29) is 12.4 Å². The second kappa shape index (κ2) is 8.96. The zero-order valence-electron chi connectivity index (χ0n) is 15.7. The Morgan fingerprint density at radius 2 is 2.04 bits per heavy atom. The number of nitrogens with zero attached hydrogens (tertiary/aromatic N) is 4. The van der Waals surface area contributed by atoms with Crippen molar-refractivity contribution in [1.29, 1.82) is 0 Å². The quantitative estimate of drug-likeness (QED) is 0.662. The van der Waals surface area contributed by atoms with E-state index in [9.17, 15) is 9.50 Å². The molecule has 3 aromatic rings. The van der Waals surface area contributed by atoms with Gasteiger partial charge in [-0.3, -0.25) is 9.80 Å². The number of aliphatic hydroxyl groups excluding tert-OH is 1. The maximum atomic E-state index is 14.0. The van der Waals surface area contributed by atoms with Crippen molar-refractivity contribution in [2.45, 2.75) is 25.6 Å². The molecule has 0 spiro atoms. The summed E-state index contributed by atoms with van der Waals surface area (Å²) in [6, 6.07) is 11.3. The summed E-state index contributed by atoms with van der Waals surface area (Å²) in [6.45, 7) is 4.79. The third-order valence-electron chi connectivity index (χ3n) is 5.23. The van der Waals surface area contributed by atoms with Gasteiger partial charge in [0.15, 0.2) is 0 Å². The summed E-state index contributed by atoms with van der Waals surface area (Å²) in [7, 11) is 0. The molecule has 5 nitrogen and oxygen atoms in total. The van der Waals surface area contributed by atoms with Crippen molar-refractivity contribution in [1.82, 2.24) is 19.6 Å². The van der Waals surface area contributed by atoms with Crippen molar-refractivity contribution in [3.8, 4) is 5.69 Å². The lowest BCUT2D eigenvalue weighted by Crippen LogP contribution is -2.52. The van der Waals surface area contributed by atoms with Gasteiger partial charge >= 0.3 is 0 Å². The highest BCUT2D eigenvalue weighted by Crippen LogP contribution is 2.21. The van der Waals surface area contributed by atoms with E-state index in [0.29, 0.717) is 11.7 Å². The molecule has 28 heavy (non-hydrogen) atoms. The van der Waals surface area contributed by atoms with Gasteiger partial charge in [-0.15, -0.1) is 11.3 Å². The van der Waals surface area contributed by atoms with Crippen molar-refractivity contribution in [2.24, 2.45) is 0 Å². The second-order valence-corrected chi connectivity index (χ2v) is 8.23. The third kappa shape index (κ3) is 4.50. The van der Waals surface area contributed by atoms with Gasteiger partial charge in [0.1, 0.15) is 11.5 Å². The topological polar surface area (TPSA) is 44.5 Å². The molecule has 1 unspecified atom stereocenters. The lowest BCUT2D eigenvalue weighted by molar-refractivity contribution is 0.0506. The number of halogens is 1. The number of para-hydroxylation sites is 1. The van der Waals surface area contributed by atoms with Gasteiger partial charge in [0.2, 0.25) is 0 Å². The highest BCUT2D eigenvalue weighted by molar-refractivity contribution is 7.09. The first-order valence-electron chi connectivity index (χ1n) is 9.61. The van der Waals surface area contributed by atoms with Crippen LogP contribution in [0.25, 0.3) is 5.69 Å². The Morgan fingerprint density at radius 1 is 1.14 bits per heavy atom. The number of aromatic nitrogens is 2. The largest absolute Gasteiger partial charge is 0.396 e. The summed E-state index contributed by atoms with van der Waals surface area (Å²) >= 11 is 1.78. The number of rotatable bonds is 7. The van der Waals surface area contributed by atoms with Crippen molar-refractivity contribution in [3.05, 3.63) is 70.4 Å². The molecule has 1 aliphatic heterocycles. The SMILES string of the molecule is OCCC1CN(Cc2cnn(-c3ccccc3F)c2)CCN1Cc1cccs1. The minimum atomic E-state index is -0.276. The van der Waals surface area contributed by atoms with Crippen LogP contribution in [-0.4, -0.2) is 57.0 Å². The minimum absolute atomic E-state index is 0.199. The van der Waals surface area contributed by atoms with Crippen molar-refractivity contribution < 1.29 is 9.50 Å². The first-order chi connectivity index (χ1) is 13.7. The maximum absolute atomic E-state index is 14.0. The predicted molar refractivity (Wildman–Crippen MR) is 109 cm³/mol. The summed E-state index contributed by atoms with van der Waals surface area (Å²) in [5.74, 6) is -0.276. The second-order valence-electron chi connectivity index (χ2n) is 7.20. The van der Waals surface area contributed by atoms with E-state index >= 15 is 0 Å². The van der Waals surface area contributed by atoms with Gasteiger partial charge in [0, 0.05) is 62.0 Å². The fraction of sp³-hybridized carbons (Fsp3) is 0.381. The molecular formula is C21H25FN4OS. The van der Waals surface area contributed by atoms with Crippen LogP contribution in [0.3, 0.4) is 0 Å². The monoisotopic (exact) mass is 400 g/mol. The first kappa shape index (κ1) is 19.3. The third-order valence-corrected chi connectivity index (χ3v) is 6.09. The lowest BCUT2D eigenvalue weighted by Gasteiger charge is -2.41. The standard InChI is InChI=1S/C21H25FN4OS/c22-20-5-1-2-6-21(20)26-14-17(12-23-26)13-24-8-9-25(18(15-24)7-10-27)16-19-4-3-11-28-19/h1-6,11-12,14,18,27H,7-10,13,15-16H2. The summed E-state index contributed by atoms with van der Waals surface area (Å²) in [6.07, 6.45) is 4.49. The minimum Gasteiger partial charge on any atom is -0.396 e. The Hall–Kier alpha value is -2.06. The van der Waals surface area contributed by atoms with Crippen LogP contribution in [0, 0.1) is 5.82 Å². The summed E-state index contributed by atoms with van der Waals surface area (Å²) in [5, 5.41) is 15.9. The average Bonchev–Trinajstić information content (AvgIpc) is 3.37. The van der Waals surface area contributed by atoms with E-state index in [2.05, 4.69) is 32.4 Å². The predicted octanol–water partition coefficient (Wildman–Crippen LogP) is 3.14.